The minimum absolute atomic E-state index is 0.00393. The summed E-state index contributed by atoms with van der Waals surface area (Å²) in [5, 5.41) is 22.8. The van der Waals surface area contributed by atoms with E-state index in [0.29, 0.717) is 23.7 Å². The molecule has 6 heteroatoms. The highest BCUT2D eigenvalue weighted by Gasteiger charge is 2.11. The van der Waals surface area contributed by atoms with Gasteiger partial charge >= 0.3 is 0 Å². The number of benzene rings is 2. The summed E-state index contributed by atoms with van der Waals surface area (Å²) in [5.74, 6) is 1.08. The number of rotatable bonds is 3. The molecule has 3 rings (SSSR count). The standard InChI is InChI=1S/C15H11ClN2O3/c16-12-8-10(3-6-13(12)20)15-17-14(18-21-15)7-9-1-4-11(19)5-2-9/h1-6,8,19-20H,7H2. The van der Waals surface area contributed by atoms with Gasteiger partial charge in [-0.15, -0.1) is 0 Å². The number of aromatic hydroxyl groups is 2. The quantitative estimate of drug-likeness (QED) is 0.775. The number of phenols is 2. The van der Waals surface area contributed by atoms with E-state index in [1.54, 1.807) is 36.4 Å². The van der Waals surface area contributed by atoms with Crippen molar-refractivity contribution >= 4 is 11.6 Å². The molecule has 0 saturated heterocycles. The van der Waals surface area contributed by atoms with Gasteiger partial charge in [-0.3, -0.25) is 0 Å². The Morgan fingerprint density at radius 1 is 1.05 bits per heavy atom. The SMILES string of the molecule is Oc1ccc(Cc2noc(-c3ccc(O)c(Cl)c3)n2)cc1. The van der Waals surface area contributed by atoms with Gasteiger partial charge in [0, 0.05) is 12.0 Å². The summed E-state index contributed by atoms with van der Waals surface area (Å²) in [6, 6.07) is 11.5. The lowest BCUT2D eigenvalue weighted by Crippen LogP contribution is -1.90. The molecule has 0 radical (unpaired) electrons. The molecule has 2 N–H and O–H groups in total. The molecule has 0 unspecified atom stereocenters. The van der Waals surface area contributed by atoms with Crippen LogP contribution in [0.15, 0.2) is 47.0 Å². The van der Waals surface area contributed by atoms with Crippen LogP contribution in [-0.4, -0.2) is 20.4 Å². The van der Waals surface area contributed by atoms with Crippen molar-refractivity contribution in [2.24, 2.45) is 0 Å². The maximum Gasteiger partial charge on any atom is 0.257 e. The Hall–Kier alpha value is -2.53. The Bertz CT molecular complexity index is 769. The Kier molecular flexibility index (Phi) is 3.50. The predicted molar refractivity (Wildman–Crippen MR) is 77.3 cm³/mol. The van der Waals surface area contributed by atoms with Crippen molar-refractivity contribution in [2.75, 3.05) is 0 Å². The first-order chi connectivity index (χ1) is 10.1. The number of hydrogen-bond acceptors (Lipinski definition) is 5. The normalized spacial score (nSPS) is 10.7. The molecule has 0 atom stereocenters. The number of nitrogens with zero attached hydrogens (tertiary/aromatic N) is 2. The molecule has 21 heavy (non-hydrogen) atoms. The Labute approximate surface area is 125 Å². The van der Waals surface area contributed by atoms with Gasteiger partial charge in [0.15, 0.2) is 5.82 Å². The maximum absolute atomic E-state index is 9.39. The van der Waals surface area contributed by atoms with E-state index in [-0.39, 0.29) is 16.5 Å². The Morgan fingerprint density at radius 3 is 2.52 bits per heavy atom. The summed E-state index contributed by atoms with van der Waals surface area (Å²) < 4.78 is 5.19. The zero-order chi connectivity index (χ0) is 14.8. The zero-order valence-corrected chi connectivity index (χ0v) is 11.6. The van der Waals surface area contributed by atoms with Crippen LogP contribution in [0.25, 0.3) is 11.5 Å². The number of hydrogen-bond donors (Lipinski definition) is 2. The smallest absolute Gasteiger partial charge is 0.257 e. The van der Waals surface area contributed by atoms with Gasteiger partial charge < -0.3 is 14.7 Å². The lowest BCUT2D eigenvalue weighted by Gasteiger charge is -1.98. The largest absolute Gasteiger partial charge is 0.508 e. The van der Waals surface area contributed by atoms with Crippen molar-refractivity contribution in [1.82, 2.24) is 10.1 Å². The fraction of sp³-hybridized carbons (Fsp3) is 0.0667. The van der Waals surface area contributed by atoms with Crippen LogP contribution in [0.5, 0.6) is 11.5 Å². The van der Waals surface area contributed by atoms with Crippen LogP contribution < -0.4 is 0 Å². The Morgan fingerprint density at radius 2 is 1.81 bits per heavy atom. The third-order valence-corrected chi connectivity index (χ3v) is 3.26. The van der Waals surface area contributed by atoms with E-state index in [0.717, 1.165) is 5.56 Å². The first kappa shape index (κ1) is 13.5. The molecule has 0 bridgehead atoms. The molecule has 1 heterocycles. The van der Waals surface area contributed by atoms with E-state index in [9.17, 15) is 10.2 Å². The summed E-state index contributed by atoms with van der Waals surface area (Å²) >= 11 is 5.85. The van der Waals surface area contributed by atoms with Crippen LogP contribution in [-0.2, 0) is 6.42 Å². The van der Waals surface area contributed by atoms with Crippen LogP contribution in [0.3, 0.4) is 0 Å². The molecule has 5 nitrogen and oxygen atoms in total. The summed E-state index contributed by atoms with van der Waals surface area (Å²) in [4.78, 5) is 4.29. The molecular weight excluding hydrogens is 292 g/mol. The summed E-state index contributed by atoms with van der Waals surface area (Å²) in [6.45, 7) is 0. The van der Waals surface area contributed by atoms with Crippen LogP contribution in [0.2, 0.25) is 5.02 Å². The zero-order valence-electron chi connectivity index (χ0n) is 10.8. The number of aromatic nitrogens is 2. The minimum Gasteiger partial charge on any atom is -0.508 e. The fourth-order valence-corrected chi connectivity index (χ4v) is 2.06. The van der Waals surface area contributed by atoms with E-state index in [2.05, 4.69) is 10.1 Å². The second kappa shape index (κ2) is 5.46. The topological polar surface area (TPSA) is 79.4 Å². The highest BCUT2D eigenvalue weighted by atomic mass is 35.5. The highest BCUT2D eigenvalue weighted by Crippen LogP contribution is 2.28. The van der Waals surface area contributed by atoms with Gasteiger partial charge in [0.1, 0.15) is 11.5 Å². The van der Waals surface area contributed by atoms with Gasteiger partial charge in [0.25, 0.3) is 5.89 Å². The van der Waals surface area contributed by atoms with Crippen molar-refractivity contribution in [2.45, 2.75) is 6.42 Å². The first-order valence-corrected chi connectivity index (χ1v) is 6.59. The highest BCUT2D eigenvalue weighted by molar-refractivity contribution is 6.32. The van der Waals surface area contributed by atoms with Crippen LogP contribution in [0.4, 0.5) is 0 Å². The van der Waals surface area contributed by atoms with Crippen molar-refractivity contribution in [3.05, 3.63) is 58.9 Å². The number of halogens is 1. The number of phenolic OH excluding ortho intramolecular Hbond substituents is 2. The second-order valence-electron chi connectivity index (χ2n) is 4.53. The van der Waals surface area contributed by atoms with E-state index < -0.39 is 0 Å². The third-order valence-electron chi connectivity index (χ3n) is 2.96. The molecule has 2 aromatic carbocycles. The Balaban J connectivity index is 1.82. The van der Waals surface area contributed by atoms with E-state index in [1.165, 1.54) is 6.07 Å². The molecule has 0 aliphatic heterocycles. The van der Waals surface area contributed by atoms with Gasteiger partial charge in [0.2, 0.25) is 0 Å². The second-order valence-corrected chi connectivity index (χ2v) is 4.93. The van der Waals surface area contributed by atoms with Gasteiger partial charge in [-0.05, 0) is 35.9 Å². The molecule has 0 amide bonds. The lowest BCUT2D eigenvalue weighted by atomic mass is 10.1. The van der Waals surface area contributed by atoms with Gasteiger partial charge in [-0.1, -0.05) is 28.9 Å². The molecule has 3 aromatic rings. The van der Waals surface area contributed by atoms with Gasteiger partial charge in [-0.25, -0.2) is 0 Å². The van der Waals surface area contributed by atoms with Crippen molar-refractivity contribution < 1.29 is 14.7 Å². The van der Waals surface area contributed by atoms with Crippen molar-refractivity contribution in [1.29, 1.82) is 0 Å². The fourth-order valence-electron chi connectivity index (χ4n) is 1.88. The molecule has 0 fully saturated rings. The molecule has 0 saturated carbocycles. The molecule has 0 aliphatic carbocycles. The lowest BCUT2D eigenvalue weighted by molar-refractivity contribution is 0.423. The summed E-state index contributed by atoms with van der Waals surface area (Å²) in [7, 11) is 0. The minimum atomic E-state index is 0.00393. The van der Waals surface area contributed by atoms with Crippen LogP contribution in [0, 0.1) is 0 Å². The predicted octanol–water partition coefficient (Wildman–Crippen LogP) is 3.39. The van der Waals surface area contributed by atoms with Gasteiger partial charge in [0.05, 0.1) is 5.02 Å². The molecule has 0 spiro atoms. The average molecular weight is 303 g/mol. The molecule has 0 aliphatic rings. The van der Waals surface area contributed by atoms with E-state index in [1.807, 2.05) is 0 Å². The van der Waals surface area contributed by atoms with E-state index >= 15 is 0 Å². The van der Waals surface area contributed by atoms with Crippen molar-refractivity contribution in [3.63, 3.8) is 0 Å². The first-order valence-electron chi connectivity index (χ1n) is 6.21. The average Bonchev–Trinajstić information content (AvgIpc) is 2.93. The van der Waals surface area contributed by atoms with Gasteiger partial charge in [-0.2, -0.15) is 4.98 Å². The van der Waals surface area contributed by atoms with Crippen LogP contribution >= 0.6 is 11.6 Å². The molecular formula is C15H11ClN2O3. The van der Waals surface area contributed by atoms with E-state index in [4.69, 9.17) is 16.1 Å². The maximum atomic E-state index is 9.39. The summed E-state index contributed by atoms with van der Waals surface area (Å²) in [5.41, 5.74) is 1.60. The van der Waals surface area contributed by atoms with Crippen molar-refractivity contribution in [3.8, 4) is 23.0 Å². The monoisotopic (exact) mass is 302 g/mol. The molecule has 106 valence electrons. The molecule has 1 aromatic heterocycles. The van der Waals surface area contributed by atoms with Crippen LogP contribution in [0.1, 0.15) is 11.4 Å². The summed E-state index contributed by atoms with van der Waals surface area (Å²) in [6.07, 6.45) is 0.496. The third kappa shape index (κ3) is 2.98.